The van der Waals surface area contributed by atoms with E-state index in [4.69, 9.17) is 10.5 Å². The number of nitrogen functional groups attached to an aromatic ring is 1. The van der Waals surface area contributed by atoms with Gasteiger partial charge in [0.2, 0.25) is 0 Å². The highest BCUT2D eigenvalue weighted by Crippen LogP contribution is 2.35. The Morgan fingerprint density at radius 3 is 2.76 bits per heavy atom. The van der Waals surface area contributed by atoms with Crippen molar-refractivity contribution in [1.29, 1.82) is 0 Å². The summed E-state index contributed by atoms with van der Waals surface area (Å²) in [6.07, 6.45) is 11.7. The van der Waals surface area contributed by atoms with Crippen molar-refractivity contribution in [3.8, 4) is 0 Å². The van der Waals surface area contributed by atoms with E-state index < -0.39 is 0 Å². The molecule has 2 rings (SSSR count). The topological polar surface area (TPSA) is 60.2 Å². The fourth-order valence-electron chi connectivity index (χ4n) is 3.44. The van der Waals surface area contributed by atoms with E-state index in [1.54, 1.807) is 6.20 Å². The van der Waals surface area contributed by atoms with E-state index in [1.165, 1.54) is 19.3 Å². The van der Waals surface area contributed by atoms with E-state index >= 15 is 0 Å². The van der Waals surface area contributed by atoms with Crippen molar-refractivity contribution < 1.29 is 4.74 Å². The number of hydrogen-bond acceptors (Lipinski definition) is 4. The molecule has 3 N–H and O–H groups in total. The molecular formula is C17H29N3O. The molecule has 1 aromatic heterocycles. The largest absolute Gasteiger partial charge is 0.398 e. The zero-order chi connectivity index (χ0) is 15.1. The molecule has 0 aromatic carbocycles. The second kappa shape index (κ2) is 7.76. The standard InChI is InChI=1S/C17H29N3O/c1-3-10-20-16(12-14-13-19-11-7-15(14)18)17(21-2)8-5-4-6-9-17/h7,11,13,16,20H,3-6,8-10,12H2,1-2H3,(H2,18,19). The van der Waals surface area contributed by atoms with Crippen LogP contribution in [0.4, 0.5) is 5.69 Å². The van der Waals surface area contributed by atoms with Crippen molar-refractivity contribution >= 4 is 5.69 Å². The summed E-state index contributed by atoms with van der Waals surface area (Å²) >= 11 is 0. The second-order valence-electron chi connectivity index (χ2n) is 6.11. The number of ether oxygens (including phenoxy) is 1. The Hall–Kier alpha value is -1.13. The highest BCUT2D eigenvalue weighted by atomic mass is 16.5. The molecule has 1 fully saturated rings. The average Bonchev–Trinajstić information content (AvgIpc) is 2.53. The Morgan fingerprint density at radius 2 is 2.14 bits per heavy atom. The third kappa shape index (κ3) is 3.95. The normalized spacial score (nSPS) is 19.3. The van der Waals surface area contributed by atoms with Gasteiger partial charge in [-0.3, -0.25) is 4.98 Å². The van der Waals surface area contributed by atoms with Gasteiger partial charge < -0.3 is 15.8 Å². The highest BCUT2D eigenvalue weighted by molar-refractivity contribution is 5.44. The third-order valence-electron chi connectivity index (χ3n) is 4.75. The molecule has 0 saturated heterocycles. The van der Waals surface area contributed by atoms with Crippen LogP contribution in [-0.4, -0.2) is 30.3 Å². The maximum Gasteiger partial charge on any atom is 0.0834 e. The van der Waals surface area contributed by atoms with Gasteiger partial charge in [-0.15, -0.1) is 0 Å². The number of pyridine rings is 1. The maximum absolute atomic E-state index is 6.10. The van der Waals surface area contributed by atoms with Gasteiger partial charge in [0, 0.05) is 31.2 Å². The first-order valence-electron chi connectivity index (χ1n) is 8.19. The lowest BCUT2D eigenvalue weighted by molar-refractivity contribution is -0.0672. The Bertz CT molecular complexity index is 430. The van der Waals surface area contributed by atoms with Crippen molar-refractivity contribution in [1.82, 2.24) is 10.3 Å². The second-order valence-corrected chi connectivity index (χ2v) is 6.11. The lowest BCUT2D eigenvalue weighted by Crippen LogP contribution is -2.54. The molecule has 1 aromatic rings. The van der Waals surface area contributed by atoms with Crippen LogP contribution in [0, 0.1) is 0 Å². The van der Waals surface area contributed by atoms with Gasteiger partial charge in [0.1, 0.15) is 0 Å². The fourth-order valence-corrected chi connectivity index (χ4v) is 3.44. The van der Waals surface area contributed by atoms with Gasteiger partial charge in [-0.2, -0.15) is 0 Å². The summed E-state index contributed by atoms with van der Waals surface area (Å²) in [5, 5.41) is 3.70. The van der Waals surface area contributed by atoms with E-state index in [9.17, 15) is 0 Å². The van der Waals surface area contributed by atoms with Crippen LogP contribution in [-0.2, 0) is 11.2 Å². The number of nitrogens with two attached hydrogens (primary N) is 1. The molecule has 1 aliphatic rings. The van der Waals surface area contributed by atoms with Gasteiger partial charge >= 0.3 is 0 Å². The van der Waals surface area contributed by atoms with Gasteiger partial charge in [0.05, 0.1) is 5.60 Å². The van der Waals surface area contributed by atoms with Crippen LogP contribution < -0.4 is 11.1 Å². The molecule has 1 aliphatic carbocycles. The summed E-state index contributed by atoms with van der Waals surface area (Å²) in [5.41, 5.74) is 7.99. The number of nitrogens with zero attached hydrogens (tertiary/aromatic N) is 1. The quantitative estimate of drug-likeness (QED) is 0.811. The fraction of sp³-hybridized carbons (Fsp3) is 0.706. The van der Waals surface area contributed by atoms with Crippen LogP contribution in [0.2, 0.25) is 0 Å². The van der Waals surface area contributed by atoms with Crippen LogP contribution in [0.5, 0.6) is 0 Å². The molecule has 4 nitrogen and oxygen atoms in total. The number of hydrogen-bond donors (Lipinski definition) is 2. The predicted molar refractivity (Wildman–Crippen MR) is 87.3 cm³/mol. The molecule has 0 radical (unpaired) electrons. The highest BCUT2D eigenvalue weighted by Gasteiger charge is 2.39. The molecule has 1 atom stereocenters. The summed E-state index contributed by atoms with van der Waals surface area (Å²) in [5.74, 6) is 0. The first-order valence-corrected chi connectivity index (χ1v) is 8.19. The van der Waals surface area contributed by atoms with Gasteiger partial charge in [-0.05, 0) is 43.9 Å². The van der Waals surface area contributed by atoms with Crippen LogP contribution >= 0.6 is 0 Å². The Kier molecular flexibility index (Phi) is 6.00. The first-order chi connectivity index (χ1) is 10.2. The Morgan fingerprint density at radius 1 is 1.38 bits per heavy atom. The molecule has 21 heavy (non-hydrogen) atoms. The monoisotopic (exact) mass is 291 g/mol. The van der Waals surface area contributed by atoms with Crippen molar-refractivity contribution in [3.05, 3.63) is 24.0 Å². The number of rotatable bonds is 7. The minimum atomic E-state index is -0.0598. The number of nitrogens with one attached hydrogen (secondary N) is 1. The molecule has 1 saturated carbocycles. The van der Waals surface area contributed by atoms with Crippen molar-refractivity contribution in [3.63, 3.8) is 0 Å². The van der Waals surface area contributed by atoms with Gasteiger partial charge in [0.25, 0.3) is 0 Å². The van der Waals surface area contributed by atoms with Gasteiger partial charge in [-0.25, -0.2) is 0 Å². The number of methoxy groups -OCH3 is 1. The maximum atomic E-state index is 6.10. The lowest BCUT2D eigenvalue weighted by atomic mass is 9.77. The van der Waals surface area contributed by atoms with E-state index in [0.717, 1.165) is 43.5 Å². The van der Waals surface area contributed by atoms with E-state index in [1.807, 2.05) is 19.4 Å². The zero-order valence-electron chi connectivity index (χ0n) is 13.4. The van der Waals surface area contributed by atoms with Crippen LogP contribution in [0.15, 0.2) is 18.5 Å². The first kappa shape index (κ1) is 16.2. The molecule has 0 bridgehead atoms. The smallest absolute Gasteiger partial charge is 0.0834 e. The predicted octanol–water partition coefficient (Wildman–Crippen LogP) is 2.92. The van der Waals surface area contributed by atoms with Crippen molar-refractivity contribution in [2.24, 2.45) is 0 Å². The summed E-state index contributed by atoms with van der Waals surface area (Å²) < 4.78 is 6.03. The van der Waals surface area contributed by atoms with Crippen molar-refractivity contribution in [2.75, 3.05) is 19.4 Å². The minimum absolute atomic E-state index is 0.0598. The van der Waals surface area contributed by atoms with E-state index in [2.05, 4.69) is 17.2 Å². The van der Waals surface area contributed by atoms with Crippen LogP contribution in [0.3, 0.4) is 0 Å². The molecule has 0 aliphatic heterocycles. The average molecular weight is 291 g/mol. The summed E-state index contributed by atoms with van der Waals surface area (Å²) in [6.45, 7) is 3.21. The number of anilines is 1. The SMILES string of the molecule is CCCNC(Cc1cnccc1N)C1(OC)CCCCC1. The zero-order valence-corrected chi connectivity index (χ0v) is 13.4. The van der Waals surface area contributed by atoms with E-state index in [0.29, 0.717) is 6.04 Å². The summed E-state index contributed by atoms with van der Waals surface area (Å²) in [7, 11) is 1.86. The molecule has 0 spiro atoms. The molecule has 1 unspecified atom stereocenters. The molecule has 4 heteroatoms. The molecule has 1 heterocycles. The lowest BCUT2D eigenvalue weighted by Gasteiger charge is -2.43. The molecular weight excluding hydrogens is 262 g/mol. The molecule has 0 amide bonds. The Labute approximate surface area is 128 Å². The summed E-state index contributed by atoms with van der Waals surface area (Å²) in [6, 6.07) is 2.18. The van der Waals surface area contributed by atoms with E-state index in [-0.39, 0.29) is 5.60 Å². The van der Waals surface area contributed by atoms with Crippen LogP contribution in [0.1, 0.15) is 51.0 Å². The van der Waals surface area contributed by atoms with Crippen LogP contribution in [0.25, 0.3) is 0 Å². The molecule has 118 valence electrons. The Balaban J connectivity index is 2.18. The number of aromatic nitrogens is 1. The van der Waals surface area contributed by atoms with Gasteiger partial charge in [-0.1, -0.05) is 26.2 Å². The minimum Gasteiger partial charge on any atom is -0.398 e. The summed E-state index contributed by atoms with van der Waals surface area (Å²) in [4.78, 5) is 4.22. The van der Waals surface area contributed by atoms with Gasteiger partial charge in [0.15, 0.2) is 0 Å². The third-order valence-corrected chi connectivity index (χ3v) is 4.75. The van der Waals surface area contributed by atoms with Crippen molar-refractivity contribution in [2.45, 2.75) is 63.5 Å².